The van der Waals surface area contributed by atoms with Crippen LogP contribution < -0.4 is 4.90 Å². The van der Waals surface area contributed by atoms with Crippen LogP contribution in [0.2, 0.25) is 0 Å². The predicted octanol–water partition coefficient (Wildman–Crippen LogP) is 3.18. The van der Waals surface area contributed by atoms with Crippen LogP contribution in [-0.4, -0.2) is 38.1 Å². The van der Waals surface area contributed by atoms with Crippen molar-refractivity contribution < 1.29 is 23.9 Å². The highest BCUT2D eigenvalue weighted by molar-refractivity contribution is 6.06. The van der Waals surface area contributed by atoms with Crippen molar-refractivity contribution >= 4 is 23.5 Å². The predicted molar refractivity (Wildman–Crippen MR) is 106 cm³/mol. The number of hydrogen-bond acceptors (Lipinski definition) is 5. The first-order chi connectivity index (χ1) is 13.5. The summed E-state index contributed by atoms with van der Waals surface area (Å²) >= 11 is 0. The molecule has 0 N–H and O–H groups in total. The Morgan fingerprint density at radius 1 is 0.821 bits per heavy atom. The van der Waals surface area contributed by atoms with E-state index in [1.165, 1.54) is 4.90 Å². The van der Waals surface area contributed by atoms with Gasteiger partial charge in [-0.05, 0) is 31.5 Å². The Bertz CT molecular complexity index is 773. The lowest BCUT2D eigenvalue weighted by atomic mass is 9.84. The molecule has 6 heteroatoms. The second-order valence-corrected chi connectivity index (χ2v) is 6.10. The van der Waals surface area contributed by atoms with Crippen LogP contribution in [0.4, 0.5) is 5.69 Å². The summed E-state index contributed by atoms with van der Waals surface area (Å²) in [6.45, 7) is 3.49. The smallest absolute Gasteiger partial charge is 0.321 e. The minimum absolute atomic E-state index is 0.0962. The molecule has 0 saturated heterocycles. The second-order valence-electron chi connectivity index (χ2n) is 6.10. The summed E-state index contributed by atoms with van der Waals surface area (Å²) < 4.78 is 10.2. The fraction of sp³-hybridized carbons (Fsp3) is 0.318. The van der Waals surface area contributed by atoms with E-state index in [0.29, 0.717) is 11.3 Å². The highest BCUT2D eigenvalue weighted by atomic mass is 16.6. The van der Waals surface area contributed by atoms with Crippen molar-refractivity contribution in [1.29, 1.82) is 0 Å². The molecule has 0 radical (unpaired) electrons. The van der Waals surface area contributed by atoms with E-state index in [1.807, 2.05) is 18.2 Å². The van der Waals surface area contributed by atoms with Crippen molar-refractivity contribution in [3.05, 3.63) is 66.2 Å². The van der Waals surface area contributed by atoms with E-state index < -0.39 is 29.7 Å². The second kappa shape index (κ2) is 10.3. The van der Waals surface area contributed by atoms with Crippen LogP contribution in [0.15, 0.2) is 60.7 Å². The van der Waals surface area contributed by atoms with Crippen molar-refractivity contribution in [2.24, 2.45) is 5.92 Å². The molecule has 0 aliphatic carbocycles. The van der Waals surface area contributed by atoms with E-state index in [-0.39, 0.29) is 13.2 Å². The van der Waals surface area contributed by atoms with E-state index >= 15 is 0 Å². The summed E-state index contributed by atoms with van der Waals surface area (Å²) in [5, 5.41) is 0. The van der Waals surface area contributed by atoms with E-state index in [1.54, 1.807) is 63.4 Å². The Balaban J connectivity index is 2.51. The highest BCUT2D eigenvalue weighted by Crippen LogP contribution is 2.31. The molecule has 0 aliphatic heterocycles. The lowest BCUT2D eigenvalue weighted by Crippen LogP contribution is -2.42. The molecule has 0 aromatic heterocycles. The van der Waals surface area contributed by atoms with Gasteiger partial charge in [0.2, 0.25) is 5.91 Å². The fourth-order valence-electron chi connectivity index (χ4n) is 2.96. The number of esters is 2. The van der Waals surface area contributed by atoms with Crippen molar-refractivity contribution in [2.45, 2.75) is 19.8 Å². The van der Waals surface area contributed by atoms with Gasteiger partial charge in [0.25, 0.3) is 0 Å². The number of amides is 1. The fourth-order valence-corrected chi connectivity index (χ4v) is 2.96. The normalized spacial score (nSPS) is 11.6. The molecule has 2 rings (SSSR count). The van der Waals surface area contributed by atoms with Gasteiger partial charge in [0.15, 0.2) is 5.92 Å². The molecule has 6 nitrogen and oxygen atoms in total. The monoisotopic (exact) mass is 383 g/mol. The maximum absolute atomic E-state index is 13.4. The third kappa shape index (κ3) is 4.97. The summed E-state index contributed by atoms with van der Waals surface area (Å²) in [6, 6.07) is 17.8. The number of benzene rings is 2. The molecule has 0 saturated carbocycles. The van der Waals surface area contributed by atoms with Gasteiger partial charge in [-0.3, -0.25) is 14.4 Å². The summed E-state index contributed by atoms with van der Waals surface area (Å²) in [4.78, 5) is 40.1. The molecular formula is C22H25NO5. The molecule has 2 aromatic rings. The minimum atomic E-state index is -1.39. The Morgan fingerprint density at radius 2 is 1.29 bits per heavy atom. The standard InChI is InChI=1S/C22H25NO5/c1-4-27-21(25)19(22(26)28-5-2)18(16-12-8-6-9-13-16)20(24)23(3)17-14-10-7-11-15-17/h6-15,18-19H,4-5H2,1-3H3. The SMILES string of the molecule is CCOC(=O)C(C(=O)OCC)C(C(=O)N(C)c1ccccc1)c1ccccc1. The molecule has 0 aliphatic rings. The molecule has 1 unspecified atom stereocenters. The average molecular weight is 383 g/mol. The average Bonchev–Trinajstić information content (AvgIpc) is 2.72. The van der Waals surface area contributed by atoms with Crippen molar-refractivity contribution in [3.8, 4) is 0 Å². The molecule has 1 atom stereocenters. The van der Waals surface area contributed by atoms with Crippen molar-refractivity contribution in [3.63, 3.8) is 0 Å². The zero-order valence-electron chi connectivity index (χ0n) is 16.3. The summed E-state index contributed by atoms with van der Waals surface area (Å²) in [6.07, 6.45) is 0. The van der Waals surface area contributed by atoms with Crippen LogP contribution in [-0.2, 0) is 23.9 Å². The quantitative estimate of drug-likeness (QED) is 0.517. The molecule has 0 fully saturated rings. The molecular weight excluding hydrogens is 358 g/mol. The molecule has 0 spiro atoms. The van der Waals surface area contributed by atoms with Gasteiger partial charge in [0, 0.05) is 12.7 Å². The third-order valence-corrected chi connectivity index (χ3v) is 4.31. The van der Waals surface area contributed by atoms with E-state index in [4.69, 9.17) is 9.47 Å². The highest BCUT2D eigenvalue weighted by Gasteiger charge is 2.43. The van der Waals surface area contributed by atoms with Crippen LogP contribution in [0.25, 0.3) is 0 Å². The number of likely N-dealkylation sites (N-methyl/N-ethyl adjacent to an activating group) is 1. The first kappa shape index (κ1) is 21.2. The summed E-state index contributed by atoms with van der Waals surface area (Å²) in [5.74, 6) is -4.40. The lowest BCUT2D eigenvalue weighted by Gasteiger charge is -2.28. The number of nitrogens with zero attached hydrogens (tertiary/aromatic N) is 1. The number of para-hydroxylation sites is 1. The maximum atomic E-state index is 13.4. The van der Waals surface area contributed by atoms with Crippen LogP contribution in [0.3, 0.4) is 0 Å². The van der Waals surface area contributed by atoms with Crippen molar-refractivity contribution in [1.82, 2.24) is 0 Å². The zero-order valence-corrected chi connectivity index (χ0v) is 16.3. The molecule has 28 heavy (non-hydrogen) atoms. The topological polar surface area (TPSA) is 72.9 Å². The Labute approximate surface area is 165 Å². The molecule has 148 valence electrons. The van der Waals surface area contributed by atoms with Gasteiger partial charge in [-0.25, -0.2) is 0 Å². The summed E-state index contributed by atoms with van der Waals surface area (Å²) in [5.41, 5.74) is 1.20. The Kier molecular flexibility index (Phi) is 7.75. The number of rotatable bonds is 8. The van der Waals surface area contributed by atoms with Gasteiger partial charge >= 0.3 is 11.9 Å². The Morgan fingerprint density at radius 3 is 1.75 bits per heavy atom. The van der Waals surface area contributed by atoms with Gasteiger partial charge in [0.1, 0.15) is 0 Å². The number of ether oxygens (including phenoxy) is 2. The molecule has 0 heterocycles. The molecule has 1 amide bonds. The largest absolute Gasteiger partial charge is 0.465 e. The number of hydrogen-bond donors (Lipinski definition) is 0. The third-order valence-electron chi connectivity index (χ3n) is 4.31. The van der Waals surface area contributed by atoms with Crippen LogP contribution >= 0.6 is 0 Å². The first-order valence-electron chi connectivity index (χ1n) is 9.22. The minimum Gasteiger partial charge on any atom is -0.465 e. The molecule has 2 aromatic carbocycles. The van der Waals surface area contributed by atoms with Gasteiger partial charge in [-0.15, -0.1) is 0 Å². The van der Waals surface area contributed by atoms with Crippen LogP contribution in [0.5, 0.6) is 0 Å². The maximum Gasteiger partial charge on any atom is 0.321 e. The summed E-state index contributed by atoms with van der Waals surface area (Å²) in [7, 11) is 1.61. The lowest BCUT2D eigenvalue weighted by molar-refractivity contribution is -0.164. The van der Waals surface area contributed by atoms with Gasteiger partial charge < -0.3 is 14.4 Å². The van der Waals surface area contributed by atoms with Crippen LogP contribution in [0.1, 0.15) is 25.3 Å². The number of carbonyl (C=O) groups is 3. The zero-order chi connectivity index (χ0) is 20.5. The Hall–Kier alpha value is -3.15. The van der Waals surface area contributed by atoms with Gasteiger partial charge in [-0.2, -0.15) is 0 Å². The van der Waals surface area contributed by atoms with E-state index in [9.17, 15) is 14.4 Å². The number of anilines is 1. The number of carbonyl (C=O) groups excluding carboxylic acids is 3. The first-order valence-corrected chi connectivity index (χ1v) is 9.22. The van der Waals surface area contributed by atoms with E-state index in [2.05, 4.69) is 0 Å². The van der Waals surface area contributed by atoms with Gasteiger partial charge in [0.05, 0.1) is 19.1 Å². The molecule has 0 bridgehead atoms. The van der Waals surface area contributed by atoms with Gasteiger partial charge in [-0.1, -0.05) is 48.5 Å². The van der Waals surface area contributed by atoms with E-state index in [0.717, 1.165) is 0 Å². The van der Waals surface area contributed by atoms with Crippen molar-refractivity contribution in [2.75, 3.05) is 25.2 Å². The van der Waals surface area contributed by atoms with Crippen LogP contribution in [0, 0.1) is 5.92 Å².